The topological polar surface area (TPSA) is 86.0 Å². The quantitative estimate of drug-likeness (QED) is 0.579. The van der Waals surface area contributed by atoms with Gasteiger partial charge in [-0.25, -0.2) is 4.79 Å². The summed E-state index contributed by atoms with van der Waals surface area (Å²) in [6, 6.07) is 8.54. The number of esters is 1. The Kier molecular flexibility index (Phi) is 5.68. The minimum Gasteiger partial charge on any atom is -0.469 e. The number of nitrogens with zero attached hydrogens (tertiary/aromatic N) is 1. The Hall–Kier alpha value is -2.67. The lowest BCUT2D eigenvalue weighted by Gasteiger charge is -2.24. The van der Waals surface area contributed by atoms with Crippen molar-refractivity contribution in [3.8, 4) is 0 Å². The second kappa shape index (κ2) is 8.14. The fourth-order valence-electron chi connectivity index (χ4n) is 3.02. The Balaban J connectivity index is 1.86. The van der Waals surface area contributed by atoms with Gasteiger partial charge in [-0.3, -0.25) is 9.59 Å². The maximum Gasteiger partial charge on any atom is 0.349 e. The zero-order valence-electron chi connectivity index (χ0n) is 14.6. The van der Waals surface area contributed by atoms with E-state index in [1.54, 1.807) is 24.3 Å². The van der Waals surface area contributed by atoms with E-state index in [4.69, 9.17) is 9.15 Å². The van der Waals surface area contributed by atoms with Gasteiger partial charge in [0.1, 0.15) is 11.1 Å². The lowest BCUT2D eigenvalue weighted by molar-refractivity contribution is -0.140. The second-order valence-corrected chi connectivity index (χ2v) is 6.20. The molecule has 2 aromatic rings. The predicted octanol–water partition coefficient (Wildman–Crippen LogP) is 1.98. The van der Waals surface area contributed by atoms with Crippen molar-refractivity contribution in [1.82, 2.24) is 4.90 Å². The van der Waals surface area contributed by atoms with Crippen molar-refractivity contribution >= 4 is 22.8 Å². The second-order valence-electron chi connectivity index (χ2n) is 6.20. The molecule has 26 heavy (non-hydrogen) atoms. The Labute approximate surface area is 150 Å². The molecule has 3 rings (SSSR count). The van der Waals surface area contributed by atoms with Gasteiger partial charge in [0.2, 0.25) is 0 Å². The first kappa shape index (κ1) is 18.1. The monoisotopic (exact) mass is 359 g/mol. The maximum absolute atomic E-state index is 13.0. The SMILES string of the molecule is COC(=O)CCN(CC1CCCO1)C(=O)c1cc2ccccc2oc1=O. The average Bonchev–Trinajstić information content (AvgIpc) is 3.16. The summed E-state index contributed by atoms with van der Waals surface area (Å²) < 4.78 is 15.5. The van der Waals surface area contributed by atoms with Crippen molar-refractivity contribution < 1.29 is 23.5 Å². The Morgan fingerprint density at radius 1 is 1.31 bits per heavy atom. The van der Waals surface area contributed by atoms with Crippen molar-refractivity contribution in [1.29, 1.82) is 0 Å². The molecule has 1 aliphatic rings. The summed E-state index contributed by atoms with van der Waals surface area (Å²) in [4.78, 5) is 38.2. The first-order valence-corrected chi connectivity index (χ1v) is 8.59. The van der Waals surface area contributed by atoms with Gasteiger partial charge in [0, 0.05) is 25.1 Å². The van der Waals surface area contributed by atoms with Gasteiger partial charge in [-0.1, -0.05) is 18.2 Å². The average molecular weight is 359 g/mol. The molecule has 0 spiro atoms. The van der Waals surface area contributed by atoms with Gasteiger partial charge >= 0.3 is 11.6 Å². The fraction of sp³-hybridized carbons (Fsp3) is 0.421. The predicted molar refractivity (Wildman–Crippen MR) is 94.0 cm³/mol. The van der Waals surface area contributed by atoms with Crippen LogP contribution in [0.25, 0.3) is 11.0 Å². The van der Waals surface area contributed by atoms with E-state index < -0.39 is 17.5 Å². The molecule has 0 aliphatic carbocycles. The maximum atomic E-state index is 13.0. The third kappa shape index (κ3) is 4.11. The third-order valence-corrected chi connectivity index (χ3v) is 4.42. The Bertz CT molecular complexity index is 852. The molecule has 138 valence electrons. The van der Waals surface area contributed by atoms with Crippen molar-refractivity contribution in [2.24, 2.45) is 0 Å². The first-order chi connectivity index (χ1) is 12.6. The number of carbonyl (C=O) groups excluding carboxylic acids is 2. The molecule has 0 bridgehead atoms. The van der Waals surface area contributed by atoms with Crippen LogP contribution in [0.1, 0.15) is 29.6 Å². The normalized spacial score (nSPS) is 16.6. The van der Waals surface area contributed by atoms with Gasteiger partial charge in [0.25, 0.3) is 5.91 Å². The molecule has 1 unspecified atom stereocenters. The molecule has 2 heterocycles. The van der Waals surface area contributed by atoms with Gasteiger partial charge in [0.05, 0.1) is 19.6 Å². The highest BCUT2D eigenvalue weighted by Crippen LogP contribution is 2.17. The van der Waals surface area contributed by atoms with E-state index in [0.29, 0.717) is 24.1 Å². The molecule has 7 nitrogen and oxygen atoms in total. The summed E-state index contributed by atoms with van der Waals surface area (Å²) in [6.45, 7) is 1.13. The van der Waals surface area contributed by atoms with Gasteiger partial charge in [-0.15, -0.1) is 0 Å². The van der Waals surface area contributed by atoms with Gasteiger partial charge in [-0.2, -0.15) is 0 Å². The van der Waals surface area contributed by atoms with Gasteiger partial charge in [-0.05, 0) is 25.0 Å². The molecule has 0 N–H and O–H groups in total. The largest absolute Gasteiger partial charge is 0.469 e. The summed E-state index contributed by atoms with van der Waals surface area (Å²) in [5.41, 5.74) is -0.315. The van der Waals surface area contributed by atoms with E-state index in [9.17, 15) is 14.4 Å². The minimum atomic E-state index is -0.691. The van der Waals surface area contributed by atoms with Crippen LogP contribution >= 0.6 is 0 Å². The molecule has 0 radical (unpaired) electrons. The summed E-state index contributed by atoms with van der Waals surface area (Å²) in [7, 11) is 1.30. The van der Waals surface area contributed by atoms with E-state index in [1.807, 2.05) is 0 Å². The number of benzene rings is 1. The lowest BCUT2D eigenvalue weighted by atomic mass is 10.1. The molecule has 1 aliphatic heterocycles. The van der Waals surface area contributed by atoms with Crippen molar-refractivity contribution in [3.63, 3.8) is 0 Å². The molecular weight excluding hydrogens is 338 g/mol. The van der Waals surface area contributed by atoms with E-state index in [1.165, 1.54) is 18.1 Å². The molecule has 1 aromatic carbocycles. The highest BCUT2D eigenvalue weighted by atomic mass is 16.5. The molecule has 0 saturated carbocycles. The zero-order valence-corrected chi connectivity index (χ0v) is 14.6. The van der Waals surface area contributed by atoms with E-state index in [2.05, 4.69) is 4.74 Å². The Morgan fingerprint density at radius 2 is 2.12 bits per heavy atom. The number of fused-ring (bicyclic) bond motifs is 1. The molecule has 1 aromatic heterocycles. The number of hydrogen-bond donors (Lipinski definition) is 0. The summed E-state index contributed by atoms with van der Waals surface area (Å²) in [5, 5.41) is 0.667. The molecular formula is C19H21NO6. The fourth-order valence-corrected chi connectivity index (χ4v) is 3.02. The standard InChI is InChI=1S/C19H21NO6/c1-24-17(21)8-9-20(12-14-6-4-10-25-14)18(22)15-11-13-5-2-3-7-16(13)26-19(15)23/h2-3,5,7,11,14H,4,6,8-10,12H2,1H3. The molecule has 1 saturated heterocycles. The minimum absolute atomic E-state index is 0.0495. The summed E-state index contributed by atoms with van der Waals surface area (Å²) in [5.74, 6) is -0.885. The highest BCUT2D eigenvalue weighted by molar-refractivity contribution is 5.96. The van der Waals surface area contributed by atoms with Crippen LogP contribution in [0.3, 0.4) is 0 Å². The van der Waals surface area contributed by atoms with Gasteiger partial charge < -0.3 is 18.8 Å². The third-order valence-electron chi connectivity index (χ3n) is 4.42. The van der Waals surface area contributed by atoms with Gasteiger partial charge in [0.15, 0.2) is 0 Å². The van der Waals surface area contributed by atoms with E-state index >= 15 is 0 Å². The van der Waals surface area contributed by atoms with Crippen molar-refractivity contribution in [2.75, 3.05) is 26.8 Å². The number of ether oxygens (including phenoxy) is 2. The van der Waals surface area contributed by atoms with Crippen LogP contribution in [0.5, 0.6) is 0 Å². The number of methoxy groups -OCH3 is 1. The number of para-hydroxylation sites is 1. The molecule has 7 heteroatoms. The van der Waals surface area contributed by atoms with Crippen LogP contribution in [-0.4, -0.2) is 49.7 Å². The van der Waals surface area contributed by atoms with Crippen LogP contribution in [0.15, 0.2) is 39.5 Å². The summed E-state index contributed by atoms with van der Waals surface area (Å²) >= 11 is 0. The highest BCUT2D eigenvalue weighted by Gasteiger charge is 2.26. The van der Waals surface area contributed by atoms with Crippen molar-refractivity contribution in [2.45, 2.75) is 25.4 Å². The van der Waals surface area contributed by atoms with Crippen LogP contribution < -0.4 is 5.63 Å². The molecule has 1 atom stereocenters. The first-order valence-electron chi connectivity index (χ1n) is 8.59. The van der Waals surface area contributed by atoms with Crippen LogP contribution in [0.2, 0.25) is 0 Å². The lowest BCUT2D eigenvalue weighted by Crippen LogP contribution is -2.40. The van der Waals surface area contributed by atoms with E-state index in [-0.39, 0.29) is 24.6 Å². The Morgan fingerprint density at radius 3 is 2.85 bits per heavy atom. The molecule has 1 fully saturated rings. The van der Waals surface area contributed by atoms with Crippen LogP contribution in [0, 0.1) is 0 Å². The van der Waals surface area contributed by atoms with Crippen LogP contribution in [-0.2, 0) is 14.3 Å². The number of amides is 1. The zero-order chi connectivity index (χ0) is 18.5. The molecule has 1 amide bonds. The summed E-state index contributed by atoms with van der Waals surface area (Å²) in [6.07, 6.45) is 1.73. The number of hydrogen-bond acceptors (Lipinski definition) is 6. The van der Waals surface area contributed by atoms with Crippen LogP contribution in [0.4, 0.5) is 0 Å². The smallest absolute Gasteiger partial charge is 0.349 e. The number of rotatable bonds is 6. The van der Waals surface area contributed by atoms with Crippen molar-refractivity contribution in [3.05, 3.63) is 46.3 Å². The number of carbonyl (C=O) groups is 2. The van der Waals surface area contributed by atoms with E-state index in [0.717, 1.165) is 12.8 Å².